The fourth-order valence-electron chi connectivity index (χ4n) is 1.25. The Kier molecular flexibility index (Phi) is 8.87. The predicted molar refractivity (Wildman–Crippen MR) is 55.5 cm³/mol. The number of rotatable bonds is 8. The van der Waals surface area contributed by atoms with E-state index in [1.54, 1.807) is 14.2 Å². The van der Waals surface area contributed by atoms with Gasteiger partial charge in [-0.1, -0.05) is 0 Å². The monoisotopic (exact) mass is 209 g/mol. The molecular weight excluding hydrogens is 190 g/mol. The van der Waals surface area contributed by atoms with Gasteiger partial charge in [0.15, 0.2) is 0 Å². The molecule has 3 nitrogen and oxygen atoms in total. The molecule has 0 saturated carbocycles. The Balaban J connectivity index is 3.64. The lowest BCUT2D eigenvalue weighted by atomic mass is 10.2. The van der Waals surface area contributed by atoms with Gasteiger partial charge in [0, 0.05) is 32.2 Å². The van der Waals surface area contributed by atoms with Crippen LogP contribution in [-0.4, -0.2) is 45.4 Å². The van der Waals surface area contributed by atoms with Crippen molar-refractivity contribution >= 4 is 11.6 Å². The van der Waals surface area contributed by atoms with Gasteiger partial charge in [0.25, 0.3) is 0 Å². The van der Waals surface area contributed by atoms with Gasteiger partial charge in [0.05, 0.1) is 13.2 Å². The van der Waals surface area contributed by atoms with Crippen LogP contribution in [0.5, 0.6) is 0 Å². The molecule has 0 fully saturated rings. The molecule has 0 aliphatic heterocycles. The van der Waals surface area contributed by atoms with Crippen LogP contribution in [0.3, 0.4) is 0 Å². The van der Waals surface area contributed by atoms with Crippen LogP contribution in [0.1, 0.15) is 13.3 Å². The normalized spacial score (nSPS) is 15.7. The van der Waals surface area contributed by atoms with Crippen molar-refractivity contribution in [3.8, 4) is 0 Å². The summed E-state index contributed by atoms with van der Waals surface area (Å²) in [6, 6.07) is 0.668. The zero-order valence-electron chi connectivity index (χ0n) is 8.68. The molecule has 0 aliphatic carbocycles. The van der Waals surface area contributed by atoms with E-state index in [1.807, 2.05) is 0 Å². The maximum Gasteiger partial charge on any atom is 0.0616 e. The summed E-state index contributed by atoms with van der Waals surface area (Å²) in [4.78, 5) is 0. The van der Waals surface area contributed by atoms with E-state index in [2.05, 4.69) is 12.2 Å². The molecule has 0 spiro atoms. The molecular formula is C9H20ClNO2. The fourth-order valence-corrected chi connectivity index (χ4v) is 1.51. The van der Waals surface area contributed by atoms with Gasteiger partial charge < -0.3 is 14.8 Å². The first-order chi connectivity index (χ1) is 6.24. The Hall–Kier alpha value is 0.170. The number of hydrogen-bond donors (Lipinski definition) is 1. The Morgan fingerprint density at radius 3 is 2.31 bits per heavy atom. The van der Waals surface area contributed by atoms with Crippen molar-refractivity contribution < 1.29 is 9.47 Å². The van der Waals surface area contributed by atoms with E-state index in [9.17, 15) is 0 Å². The molecule has 4 heteroatoms. The average Bonchev–Trinajstić information content (AvgIpc) is 2.05. The van der Waals surface area contributed by atoms with Crippen molar-refractivity contribution in [3.05, 3.63) is 0 Å². The number of ether oxygens (including phenoxy) is 2. The molecule has 1 N–H and O–H groups in total. The smallest absolute Gasteiger partial charge is 0.0616 e. The van der Waals surface area contributed by atoms with Gasteiger partial charge in [0.2, 0.25) is 0 Å². The molecule has 0 rings (SSSR count). The van der Waals surface area contributed by atoms with Gasteiger partial charge in [-0.05, 0) is 13.3 Å². The van der Waals surface area contributed by atoms with Gasteiger partial charge >= 0.3 is 0 Å². The van der Waals surface area contributed by atoms with Crippen LogP contribution < -0.4 is 5.32 Å². The Morgan fingerprint density at radius 2 is 1.85 bits per heavy atom. The van der Waals surface area contributed by atoms with Crippen LogP contribution >= 0.6 is 11.6 Å². The molecule has 0 aromatic carbocycles. The van der Waals surface area contributed by atoms with E-state index in [4.69, 9.17) is 21.1 Å². The van der Waals surface area contributed by atoms with Crippen LogP contribution in [0, 0.1) is 0 Å². The molecule has 0 aliphatic rings. The summed E-state index contributed by atoms with van der Waals surface area (Å²) < 4.78 is 10.1. The molecule has 2 atom stereocenters. The maximum atomic E-state index is 5.67. The van der Waals surface area contributed by atoms with Gasteiger partial charge in [-0.25, -0.2) is 0 Å². The summed E-state index contributed by atoms with van der Waals surface area (Å²) in [7, 11) is 3.40. The first-order valence-electron chi connectivity index (χ1n) is 4.54. The van der Waals surface area contributed by atoms with Gasteiger partial charge in [0.1, 0.15) is 0 Å². The van der Waals surface area contributed by atoms with Crippen molar-refractivity contribution in [3.63, 3.8) is 0 Å². The van der Waals surface area contributed by atoms with Crippen LogP contribution in [0.15, 0.2) is 0 Å². The molecule has 0 saturated heterocycles. The summed E-state index contributed by atoms with van der Waals surface area (Å²) in [5.74, 6) is 0.654. The van der Waals surface area contributed by atoms with Crippen molar-refractivity contribution in [2.45, 2.75) is 25.4 Å². The first-order valence-corrected chi connectivity index (χ1v) is 5.08. The summed E-state index contributed by atoms with van der Waals surface area (Å²) in [6.45, 7) is 3.49. The van der Waals surface area contributed by atoms with Crippen molar-refractivity contribution in [2.75, 3.05) is 33.3 Å². The number of methoxy groups -OCH3 is 2. The summed E-state index contributed by atoms with van der Waals surface area (Å²) in [6.07, 6.45) is 0.920. The lowest BCUT2D eigenvalue weighted by Crippen LogP contribution is -2.41. The van der Waals surface area contributed by atoms with E-state index in [0.29, 0.717) is 31.2 Å². The van der Waals surface area contributed by atoms with Crippen molar-refractivity contribution in [2.24, 2.45) is 0 Å². The van der Waals surface area contributed by atoms with E-state index >= 15 is 0 Å². The fraction of sp³-hybridized carbons (Fsp3) is 1.00. The molecule has 0 aromatic rings. The molecule has 80 valence electrons. The predicted octanol–water partition coefficient (Wildman–Crippen LogP) is 1.25. The lowest BCUT2D eigenvalue weighted by Gasteiger charge is -2.21. The number of halogens is 1. The average molecular weight is 210 g/mol. The Bertz CT molecular complexity index is 108. The number of nitrogens with one attached hydrogen (secondary N) is 1. The summed E-state index contributed by atoms with van der Waals surface area (Å²) >= 11 is 5.67. The topological polar surface area (TPSA) is 30.5 Å². The Morgan fingerprint density at radius 1 is 1.23 bits per heavy atom. The minimum atomic E-state index is 0.327. The van der Waals surface area contributed by atoms with Crippen LogP contribution in [0.2, 0.25) is 0 Å². The SMILES string of the molecule is COCC(C)NC(CCCl)COC. The highest BCUT2D eigenvalue weighted by Crippen LogP contribution is 1.97. The van der Waals surface area contributed by atoms with E-state index in [1.165, 1.54) is 0 Å². The highest BCUT2D eigenvalue weighted by atomic mass is 35.5. The highest BCUT2D eigenvalue weighted by molar-refractivity contribution is 6.17. The molecule has 0 amide bonds. The standard InChI is InChI=1S/C9H20ClNO2/c1-8(6-12-2)11-9(4-5-10)7-13-3/h8-9,11H,4-7H2,1-3H3. The summed E-state index contributed by atoms with van der Waals surface area (Å²) in [5.41, 5.74) is 0. The minimum absolute atomic E-state index is 0.327. The molecule has 0 aromatic heterocycles. The van der Waals surface area contributed by atoms with Crippen LogP contribution in [0.25, 0.3) is 0 Å². The van der Waals surface area contributed by atoms with E-state index < -0.39 is 0 Å². The minimum Gasteiger partial charge on any atom is -0.383 e. The first kappa shape index (κ1) is 13.2. The molecule has 2 unspecified atom stereocenters. The lowest BCUT2D eigenvalue weighted by molar-refractivity contribution is 0.133. The van der Waals surface area contributed by atoms with Gasteiger partial charge in [-0.3, -0.25) is 0 Å². The van der Waals surface area contributed by atoms with Crippen LogP contribution in [-0.2, 0) is 9.47 Å². The van der Waals surface area contributed by atoms with Gasteiger partial charge in [-0.15, -0.1) is 11.6 Å². The van der Waals surface area contributed by atoms with Crippen molar-refractivity contribution in [1.29, 1.82) is 0 Å². The van der Waals surface area contributed by atoms with E-state index in [0.717, 1.165) is 6.42 Å². The second kappa shape index (κ2) is 8.75. The molecule has 0 bridgehead atoms. The molecule has 0 heterocycles. The third kappa shape index (κ3) is 7.26. The highest BCUT2D eigenvalue weighted by Gasteiger charge is 2.10. The van der Waals surface area contributed by atoms with E-state index in [-0.39, 0.29) is 0 Å². The zero-order valence-corrected chi connectivity index (χ0v) is 9.43. The molecule has 0 radical (unpaired) electrons. The largest absolute Gasteiger partial charge is 0.383 e. The second-order valence-corrected chi connectivity index (χ2v) is 3.53. The Labute approximate surface area is 85.7 Å². The van der Waals surface area contributed by atoms with Crippen LogP contribution in [0.4, 0.5) is 0 Å². The second-order valence-electron chi connectivity index (χ2n) is 3.15. The van der Waals surface area contributed by atoms with Crippen molar-refractivity contribution in [1.82, 2.24) is 5.32 Å². The van der Waals surface area contributed by atoms with Gasteiger partial charge in [-0.2, -0.15) is 0 Å². The molecule has 13 heavy (non-hydrogen) atoms. The summed E-state index contributed by atoms with van der Waals surface area (Å²) in [5, 5.41) is 3.39. The third-order valence-corrected chi connectivity index (χ3v) is 1.98. The zero-order chi connectivity index (χ0) is 10.1. The quantitative estimate of drug-likeness (QED) is 0.611. The third-order valence-electron chi connectivity index (χ3n) is 1.76. The number of hydrogen-bond acceptors (Lipinski definition) is 3. The number of alkyl halides is 1. The maximum absolute atomic E-state index is 5.67.